The monoisotopic (exact) mass is 398 g/mol. The highest BCUT2D eigenvalue weighted by molar-refractivity contribution is 6.02. The maximum absolute atomic E-state index is 13.6. The third-order valence-electron chi connectivity index (χ3n) is 6.96. The molecule has 0 radical (unpaired) electrons. The van der Waals surface area contributed by atoms with Gasteiger partial charge in [-0.2, -0.15) is 0 Å². The Balaban J connectivity index is 1.57. The first-order valence-electron chi connectivity index (χ1n) is 11.4. The van der Waals surface area contributed by atoms with Crippen LogP contribution in [0.4, 0.5) is 0 Å². The van der Waals surface area contributed by atoms with Gasteiger partial charge in [0.15, 0.2) is 0 Å². The Kier molecular flexibility index (Phi) is 6.23. The summed E-state index contributed by atoms with van der Waals surface area (Å²) in [5, 5.41) is 3.33. The fourth-order valence-corrected chi connectivity index (χ4v) is 5.14. The van der Waals surface area contributed by atoms with Gasteiger partial charge in [0, 0.05) is 31.2 Å². The molecule has 158 valence electrons. The summed E-state index contributed by atoms with van der Waals surface area (Å²) in [6.45, 7) is 3.17. The predicted octanol–water partition coefficient (Wildman–Crippen LogP) is 3.85. The van der Waals surface area contributed by atoms with Crippen molar-refractivity contribution in [3.8, 4) is 0 Å². The highest BCUT2D eigenvalue weighted by Crippen LogP contribution is 2.33. The Labute approximate surface area is 174 Å². The topological polar surface area (TPSA) is 58.6 Å². The fraction of sp³-hybridized carbons (Fsp3) is 0.667. The number of nitrogens with one attached hydrogen (secondary N) is 1. The molecule has 1 aliphatic carbocycles. The van der Waals surface area contributed by atoms with E-state index in [-0.39, 0.29) is 24.0 Å². The maximum atomic E-state index is 13.6. The van der Waals surface area contributed by atoms with Crippen molar-refractivity contribution >= 4 is 11.8 Å². The van der Waals surface area contributed by atoms with Crippen molar-refractivity contribution in [2.75, 3.05) is 13.2 Å². The molecule has 2 heterocycles. The van der Waals surface area contributed by atoms with Gasteiger partial charge in [0.1, 0.15) is 5.54 Å². The molecule has 1 aromatic carbocycles. The van der Waals surface area contributed by atoms with Gasteiger partial charge in [-0.05, 0) is 44.2 Å². The van der Waals surface area contributed by atoms with E-state index in [4.69, 9.17) is 4.74 Å². The van der Waals surface area contributed by atoms with E-state index < -0.39 is 5.54 Å². The Morgan fingerprint density at radius 1 is 1.10 bits per heavy atom. The van der Waals surface area contributed by atoms with Gasteiger partial charge in [-0.1, -0.05) is 50.3 Å². The number of carbonyl (C=O) groups excluding carboxylic acids is 2. The van der Waals surface area contributed by atoms with Crippen LogP contribution in [0.3, 0.4) is 0 Å². The van der Waals surface area contributed by atoms with Crippen LogP contribution < -0.4 is 5.32 Å². The minimum atomic E-state index is -0.875. The largest absolute Gasteiger partial charge is 0.376 e. The van der Waals surface area contributed by atoms with Gasteiger partial charge in [0.05, 0.1) is 6.10 Å². The second-order valence-corrected chi connectivity index (χ2v) is 9.17. The van der Waals surface area contributed by atoms with Crippen LogP contribution in [0.2, 0.25) is 0 Å². The summed E-state index contributed by atoms with van der Waals surface area (Å²) in [5.41, 5.74) is 0.817. The zero-order chi connectivity index (χ0) is 20.3. The molecule has 1 N–H and O–H groups in total. The van der Waals surface area contributed by atoms with Crippen LogP contribution in [0.25, 0.3) is 0 Å². The van der Waals surface area contributed by atoms with E-state index in [9.17, 15) is 9.59 Å². The molecule has 2 atom stereocenters. The molecule has 0 spiro atoms. The number of hydrogen-bond donors (Lipinski definition) is 1. The summed E-state index contributed by atoms with van der Waals surface area (Å²) < 4.78 is 5.82. The van der Waals surface area contributed by atoms with E-state index in [1.165, 1.54) is 32.1 Å². The summed E-state index contributed by atoms with van der Waals surface area (Å²) >= 11 is 0. The standard InChI is InChI=1S/C24H34N2O3/c1-24(23(28)25-19-11-5-3-2-4-6-12-19)16-18-10-7-8-14-21(18)22(27)26(24)17-20-13-9-15-29-20/h7-8,10,14,19-20H,2-6,9,11-13,15-17H2,1H3,(H,25,28)/t20-,24+/m1/s1. The van der Waals surface area contributed by atoms with Gasteiger partial charge in [-0.25, -0.2) is 0 Å². The molecule has 1 aromatic rings. The van der Waals surface area contributed by atoms with Crippen molar-refractivity contribution in [3.63, 3.8) is 0 Å². The van der Waals surface area contributed by atoms with E-state index >= 15 is 0 Å². The first-order chi connectivity index (χ1) is 14.1. The van der Waals surface area contributed by atoms with Crippen LogP contribution in [0, 0.1) is 0 Å². The van der Waals surface area contributed by atoms with E-state index in [0.29, 0.717) is 13.0 Å². The van der Waals surface area contributed by atoms with Crippen molar-refractivity contribution in [3.05, 3.63) is 35.4 Å². The number of nitrogens with zero attached hydrogens (tertiary/aromatic N) is 1. The summed E-state index contributed by atoms with van der Waals surface area (Å²) in [7, 11) is 0. The molecule has 5 nitrogen and oxygen atoms in total. The average Bonchev–Trinajstić information content (AvgIpc) is 3.20. The highest BCUT2D eigenvalue weighted by Gasteiger charge is 2.48. The van der Waals surface area contributed by atoms with E-state index in [1.54, 1.807) is 4.90 Å². The lowest BCUT2D eigenvalue weighted by atomic mass is 9.82. The molecule has 1 saturated carbocycles. The summed E-state index contributed by atoms with van der Waals surface area (Å²) in [5.74, 6) is -0.0541. The molecule has 2 amide bonds. The molecule has 0 unspecified atom stereocenters. The minimum Gasteiger partial charge on any atom is -0.376 e. The number of ether oxygens (including phenoxy) is 1. The first kappa shape index (κ1) is 20.4. The number of benzene rings is 1. The van der Waals surface area contributed by atoms with E-state index in [0.717, 1.165) is 43.4 Å². The van der Waals surface area contributed by atoms with Gasteiger partial charge < -0.3 is 15.0 Å². The summed E-state index contributed by atoms with van der Waals surface area (Å²) in [6.07, 6.45) is 10.8. The molecule has 2 aliphatic heterocycles. The first-order valence-corrected chi connectivity index (χ1v) is 11.4. The second kappa shape index (κ2) is 8.86. The van der Waals surface area contributed by atoms with Crippen molar-refractivity contribution in [1.82, 2.24) is 10.2 Å². The lowest BCUT2D eigenvalue weighted by Crippen LogP contribution is -2.64. The number of carbonyl (C=O) groups is 2. The zero-order valence-electron chi connectivity index (χ0n) is 17.6. The van der Waals surface area contributed by atoms with Crippen LogP contribution in [0.1, 0.15) is 80.6 Å². The van der Waals surface area contributed by atoms with Gasteiger partial charge in [-0.15, -0.1) is 0 Å². The fourth-order valence-electron chi connectivity index (χ4n) is 5.14. The maximum Gasteiger partial charge on any atom is 0.255 e. The average molecular weight is 399 g/mol. The van der Waals surface area contributed by atoms with Gasteiger partial charge >= 0.3 is 0 Å². The molecular weight excluding hydrogens is 364 g/mol. The summed E-state index contributed by atoms with van der Waals surface area (Å²) in [6, 6.07) is 7.94. The Bertz CT molecular complexity index is 735. The molecule has 29 heavy (non-hydrogen) atoms. The van der Waals surface area contributed by atoms with Crippen molar-refractivity contribution in [2.24, 2.45) is 0 Å². The Morgan fingerprint density at radius 2 is 1.83 bits per heavy atom. The van der Waals surface area contributed by atoms with Crippen LogP contribution in [0.5, 0.6) is 0 Å². The normalized spacial score (nSPS) is 28.5. The second-order valence-electron chi connectivity index (χ2n) is 9.17. The molecule has 0 bridgehead atoms. The van der Waals surface area contributed by atoms with Crippen LogP contribution in [0.15, 0.2) is 24.3 Å². The number of amides is 2. The lowest BCUT2D eigenvalue weighted by molar-refractivity contribution is -0.133. The third-order valence-corrected chi connectivity index (χ3v) is 6.96. The zero-order valence-corrected chi connectivity index (χ0v) is 17.6. The highest BCUT2D eigenvalue weighted by atomic mass is 16.5. The van der Waals surface area contributed by atoms with Crippen molar-refractivity contribution in [2.45, 2.75) is 88.8 Å². The van der Waals surface area contributed by atoms with Gasteiger partial charge in [0.25, 0.3) is 5.91 Å². The lowest BCUT2D eigenvalue weighted by Gasteiger charge is -2.45. The molecule has 4 rings (SSSR count). The minimum absolute atomic E-state index is 0.0103. The Morgan fingerprint density at radius 3 is 2.55 bits per heavy atom. The van der Waals surface area contributed by atoms with Crippen molar-refractivity contribution < 1.29 is 14.3 Å². The quantitative estimate of drug-likeness (QED) is 0.838. The molecule has 5 heteroatoms. The van der Waals surface area contributed by atoms with Gasteiger partial charge in [-0.3, -0.25) is 9.59 Å². The third kappa shape index (κ3) is 4.35. The smallest absolute Gasteiger partial charge is 0.255 e. The predicted molar refractivity (Wildman–Crippen MR) is 113 cm³/mol. The van der Waals surface area contributed by atoms with E-state index in [2.05, 4.69) is 5.32 Å². The molecule has 2 fully saturated rings. The number of rotatable bonds is 4. The number of fused-ring (bicyclic) bond motifs is 1. The number of hydrogen-bond acceptors (Lipinski definition) is 3. The van der Waals surface area contributed by atoms with Gasteiger partial charge in [0.2, 0.25) is 5.91 Å². The van der Waals surface area contributed by atoms with Crippen LogP contribution in [-0.4, -0.2) is 47.6 Å². The van der Waals surface area contributed by atoms with Crippen molar-refractivity contribution in [1.29, 1.82) is 0 Å². The Hall–Kier alpha value is -1.88. The molecular formula is C24H34N2O3. The molecule has 1 saturated heterocycles. The SMILES string of the molecule is C[C@@]1(C(=O)NC2CCCCCCC2)Cc2ccccc2C(=O)N1C[C@H]1CCCO1. The van der Waals surface area contributed by atoms with E-state index in [1.807, 2.05) is 31.2 Å². The van der Waals surface area contributed by atoms with Crippen LogP contribution >= 0.6 is 0 Å². The van der Waals surface area contributed by atoms with Crippen LogP contribution in [-0.2, 0) is 16.0 Å². The summed E-state index contributed by atoms with van der Waals surface area (Å²) in [4.78, 5) is 28.8. The molecule has 0 aromatic heterocycles. The molecule has 3 aliphatic rings.